The molecule has 1 saturated heterocycles. The summed E-state index contributed by atoms with van der Waals surface area (Å²) in [6.45, 7) is 15.2. The van der Waals surface area contributed by atoms with E-state index >= 15 is 0 Å². The van der Waals surface area contributed by atoms with Crippen molar-refractivity contribution in [2.75, 3.05) is 55.9 Å². The van der Waals surface area contributed by atoms with Gasteiger partial charge in [0.1, 0.15) is 11.4 Å². The number of halogens is 2. The van der Waals surface area contributed by atoms with E-state index in [2.05, 4.69) is 30.6 Å². The van der Waals surface area contributed by atoms with Crippen LogP contribution in [0.15, 0.2) is 36.4 Å². The maximum Gasteiger partial charge on any atom is 0.510 e. The topological polar surface area (TPSA) is 71.5 Å². The van der Waals surface area contributed by atoms with Crippen molar-refractivity contribution in [3.63, 3.8) is 0 Å². The van der Waals surface area contributed by atoms with Gasteiger partial charge in [-0.25, -0.2) is 4.79 Å². The predicted molar refractivity (Wildman–Crippen MR) is 173 cm³/mol. The minimum Gasteiger partial charge on any atom is -0.494 e. The van der Waals surface area contributed by atoms with E-state index in [1.807, 2.05) is 50.2 Å². The summed E-state index contributed by atoms with van der Waals surface area (Å²) in [4.78, 5) is 31.5. The van der Waals surface area contributed by atoms with Crippen molar-refractivity contribution < 1.29 is 23.8 Å². The van der Waals surface area contributed by atoms with Gasteiger partial charge in [-0.3, -0.25) is 14.6 Å². The molecule has 0 atom stereocenters. The minimum absolute atomic E-state index is 0.00906. The first-order valence-corrected chi connectivity index (χ1v) is 15.9. The number of hydrogen-bond acceptors (Lipinski definition) is 7. The summed E-state index contributed by atoms with van der Waals surface area (Å²) < 4.78 is 17.0. The Kier molecular flexibility index (Phi) is 11.1. The van der Waals surface area contributed by atoms with Crippen LogP contribution in [0.1, 0.15) is 65.9 Å². The van der Waals surface area contributed by atoms with Gasteiger partial charge < -0.3 is 19.1 Å². The fourth-order valence-corrected chi connectivity index (χ4v) is 6.43. The summed E-state index contributed by atoms with van der Waals surface area (Å²) in [6, 6.07) is 11.6. The zero-order valence-corrected chi connectivity index (χ0v) is 27.6. The maximum absolute atomic E-state index is 12.8. The lowest BCUT2D eigenvalue weighted by molar-refractivity contribution is -0.120. The van der Waals surface area contributed by atoms with Crippen LogP contribution < -0.4 is 14.5 Å². The van der Waals surface area contributed by atoms with Crippen molar-refractivity contribution in [2.45, 2.75) is 72.3 Å². The van der Waals surface area contributed by atoms with Crippen molar-refractivity contribution in [1.29, 1.82) is 0 Å². The Balaban J connectivity index is 1.21. The van der Waals surface area contributed by atoms with Crippen molar-refractivity contribution in [2.24, 2.45) is 5.41 Å². The van der Waals surface area contributed by atoms with E-state index in [1.54, 1.807) is 0 Å². The third-order valence-electron chi connectivity index (χ3n) is 7.67. The molecule has 236 valence electrons. The molecule has 1 amide bonds. The highest BCUT2D eigenvalue weighted by Crippen LogP contribution is 2.34. The van der Waals surface area contributed by atoms with Crippen LogP contribution in [0, 0.1) is 5.41 Å². The lowest BCUT2D eigenvalue weighted by Gasteiger charge is -2.36. The highest BCUT2D eigenvalue weighted by molar-refractivity contribution is 6.43. The normalized spacial score (nSPS) is 16.2. The second-order valence-electron chi connectivity index (χ2n) is 13.2. The van der Waals surface area contributed by atoms with Crippen LogP contribution in [-0.2, 0) is 20.7 Å². The van der Waals surface area contributed by atoms with Crippen molar-refractivity contribution >= 4 is 46.6 Å². The molecule has 0 aromatic heterocycles. The smallest absolute Gasteiger partial charge is 0.494 e. The van der Waals surface area contributed by atoms with Crippen LogP contribution in [-0.4, -0.2) is 68.6 Å². The second kappa shape index (κ2) is 14.4. The van der Waals surface area contributed by atoms with Gasteiger partial charge in [-0.15, -0.1) is 0 Å². The molecule has 1 fully saturated rings. The lowest BCUT2D eigenvalue weighted by Crippen LogP contribution is -2.46. The summed E-state index contributed by atoms with van der Waals surface area (Å²) in [5.74, 6) is 0.600. The van der Waals surface area contributed by atoms with Gasteiger partial charge in [0.2, 0.25) is 5.91 Å². The van der Waals surface area contributed by atoms with Crippen molar-refractivity contribution in [1.82, 2.24) is 4.90 Å². The number of benzene rings is 2. The van der Waals surface area contributed by atoms with E-state index < -0.39 is 11.8 Å². The molecule has 8 nitrogen and oxygen atoms in total. The number of carbonyl (C=O) groups excluding carboxylic acids is 2. The first kappa shape index (κ1) is 33.2. The lowest BCUT2D eigenvalue weighted by atomic mass is 9.84. The number of fused-ring (bicyclic) bond motifs is 1. The Morgan fingerprint density at radius 2 is 1.67 bits per heavy atom. The number of piperazine rings is 1. The van der Waals surface area contributed by atoms with Gasteiger partial charge >= 0.3 is 6.16 Å². The molecule has 0 saturated carbocycles. The van der Waals surface area contributed by atoms with Gasteiger partial charge in [0, 0.05) is 38.7 Å². The van der Waals surface area contributed by atoms with Gasteiger partial charge in [0.25, 0.3) is 0 Å². The molecule has 2 aliphatic heterocycles. The standard InChI is InChI=1S/C33H45Cl2N3O5/c1-32(2,3)22-33(4,5)43-31(40)42-23-38-28-21-25(13-11-24(28)12-14-29(38)39)41-20-7-6-15-36-16-18-37(19-17-36)27-10-8-9-26(34)30(27)35/h8-11,13,21H,6-7,12,14-20,22-23H2,1-5H3. The molecule has 0 bridgehead atoms. The van der Waals surface area contributed by atoms with E-state index in [0.29, 0.717) is 47.4 Å². The molecule has 0 radical (unpaired) electrons. The molecule has 43 heavy (non-hydrogen) atoms. The molecule has 0 aliphatic carbocycles. The van der Waals surface area contributed by atoms with Gasteiger partial charge in [0.15, 0.2) is 6.73 Å². The summed E-state index contributed by atoms with van der Waals surface area (Å²) in [7, 11) is 0. The van der Waals surface area contributed by atoms with E-state index in [0.717, 1.165) is 56.8 Å². The van der Waals surface area contributed by atoms with E-state index in [1.165, 1.54) is 4.90 Å². The molecular formula is C33H45Cl2N3O5. The fraction of sp³-hybridized carbons (Fsp3) is 0.576. The number of unbranched alkanes of at least 4 members (excludes halogenated alkanes) is 1. The third kappa shape index (κ3) is 9.65. The molecule has 10 heteroatoms. The molecule has 2 aliphatic rings. The van der Waals surface area contributed by atoms with Crippen LogP contribution in [0.3, 0.4) is 0 Å². The Morgan fingerprint density at radius 3 is 2.40 bits per heavy atom. The molecule has 0 N–H and O–H groups in total. The van der Waals surface area contributed by atoms with Crippen molar-refractivity contribution in [3.8, 4) is 5.75 Å². The van der Waals surface area contributed by atoms with Crippen LogP contribution in [0.5, 0.6) is 5.75 Å². The number of aryl methyl sites for hydroxylation is 1. The highest BCUT2D eigenvalue weighted by Gasteiger charge is 2.31. The van der Waals surface area contributed by atoms with Crippen LogP contribution in [0.2, 0.25) is 10.0 Å². The molecule has 0 spiro atoms. The first-order valence-electron chi connectivity index (χ1n) is 15.1. The van der Waals surface area contributed by atoms with Crippen LogP contribution in [0.4, 0.5) is 16.2 Å². The number of hydrogen-bond donors (Lipinski definition) is 0. The SMILES string of the molecule is CC(C)(C)CC(C)(C)OC(=O)OCN1C(=O)CCc2ccc(OCCCCN3CCN(c4cccc(Cl)c4Cl)CC3)cc21. The van der Waals surface area contributed by atoms with Gasteiger partial charge in [0.05, 0.1) is 28.0 Å². The van der Waals surface area contributed by atoms with E-state index in [-0.39, 0.29) is 18.1 Å². The van der Waals surface area contributed by atoms with Crippen LogP contribution >= 0.6 is 23.2 Å². The van der Waals surface area contributed by atoms with Gasteiger partial charge in [-0.1, -0.05) is 56.1 Å². The Bertz CT molecular complexity index is 1270. The molecule has 2 heterocycles. The van der Waals surface area contributed by atoms with E-state index in [9.17, 15) is 9.59 Å². The maximum atomic E-state index is 12.8. The molecule has 4 rings (SSSR count). The predicted octanol–water partition coefficient (Wildman–Crippen LogP) is 7.58. The van der Waals surface area contributed by atoms with E-state index in [4.69, 9.17) is 37.4 Å². The Morgan fingerprint density at radius 1 is 0.930 bits per heavy atom. The summed E-state index contributed by atoms with van der Waals surface area (Å²) in [5.41, 5.74) is 2.05. The van der Waals surface area contributed by atoms with Gasteiger partial charge in [-0.2, -0.15) is 0 Å². The fourth-order valence-electron chi connectivity index (χ4n) is 6.01. The number of nitrogens with zero attached hydrogens (tertiary/aromatic N) is 3. The average molecular weight is 635 g/mol. The third-order valence-corrected chi connectivity index (χ3v) is 8.47. The Hall–Kier alpha value is -2.68. The Labute approximate surface area is 266 Å². The summed E-state index contributed by atoms with van der Waals surface area (Å²) >= 11 is 12.6. The number of carbonyl (C=O) groups is 2. The van der Waals surface area contributed by atoms with Crippen LogP contribution in [0.25, 0.3) is 0 Å². The minimum atomic E-state index is -0.781. The highest BCUT2D eigenvalue weighted by atomic mass is 35.5. The van der Waals surface area contributed by atoms with Crippen molar-refractivity contribution in [3.05, 3.63) is 52.0 Å². The number of amides is 1. The average Bonchev–Trinajstić information content (AvgIpc) is 2.92. The largest absolute Gasteiger partial charge is 0.510 e. The zero-order valence-electron chi connectivity index (χ0n) is 26.1. The molecule has 2 aromatic rings. The molecule has 2 aromatic carbocycles. The zero-order chi connectivity index (χ0) is 31.2. The first-order chi connectivity index (χ1) is 20.3. The monoisotopic (exact) mass is 633 g/mol. The van der Waals surface area contributed by atoms with Gasteiger partial charge in [-0.05, 0) is 75.3 Å². The number of rotatable bonds is 11. The molecular weight excluding hydrogens is 589 g/mol. The summed E-state index contributed by atoms with van der Waals surface area (Å²) in [6.07, 6.45) is 2.84. The number of anilines is 2. The molecule has 0 unspecified atom stereocenters. The number of ether oxygens (including phenoxy) is 3. The quantitative estimate of drug-likeness (QED) is 0.186. The summed E-state index contributed by atoms with van der Waals surface area (Å²) in [5, 5.41) is 1.21. The second-order valence-corrected chi connectivity index (χ2v) is 14.0.